The molecule has 1 aromatic rings. The van der Waals surface area contributed by atoms with Gasteiger partial charge >= 0.3 is 0 Å². The molecule has 1 heterocycles. The third kappa shape index (κ3) is 3.35. The van der Waals surface area contributed by atoms with E-state index in [1.807, 2.05) is 0 Å². The predicted molar refractivity (Wildman–Crippen MR) is 78.6 cm³/mol. The Bertz CT molecular complexity index is 319. The Hall–Kier alpha value is -0.820. The second kappa shape index (κ2) is 6.94. The van der Waals surface area contributed by atoms with E-state index >= 15 is 0 Å². The summed E-state index contributed by atoms with van der Waals surface area (Å²) in [5.41, 5.74) is 1.47. The summed E-state index contributed by atoms with van der Waals surface area (Å²) in [5, 5.41) is 0. The molecule has 1 saturated heterocycles. The van der Waals surface area contributed by atoms with Crippen molar-refractivity contribution >= 4 is 0 Å². The van der Waals surface area contributed by atoms with Gasteiger partial charge in [-0.3, -0.25) is 4.90 Å². The van der Waals surface area contributed by atoms with Gasteiger partial charge in [0.25, 0.3) is 0 Å². The van der Waals surface area contributed by atoms with Crippen LogP contribution in [0.15, 0.2) is 30.3 Å². The predicted octanol–water partition coefficient (Wildman–Crippen LogP) is 4.62. The number of hydrogen-bond donors (Lipinski definition) is 0. The molecular formula is C17H27N. The minimum absolute atomic E-state index is 0.826. The minimum Gasteiger partial charge on any atom is -0.293 e. The highest BCUT2D eigenvalue weighted by atomic mass is 15.2. The van der Waals surface area contributed by atoms with Crippen molar-refractivity contribution in [2.24, 2.45) is 0 Å². The number of nitrogens with zero attached hydrogens (tertiary/aromatic N) is 1. The Labute approximate surface area is 112 Å². The van der Waals surface area contributed by atoms with E-state index in [1.165, 1.54) is 44.1 Å². The highest BCUT2D eigenvalue weighted by Crippen LogP contribution is 2.31. The van der Waals surface area contributed by atoms with E-state index in [-0.39, 0.29) is 0 Å². The Morgan fingerprint density at radius 1 is 0.944 bits per heavy atom. The van der Waals surface area contributed by atoms with Crippen molar-refractivity contribution in [1.29, 1.82) is 0 Å². The summed E-state index contributed by atoms with van der Waals surface area (Å²) in [6.45, 7) is 5.78. The van der Waals surface area contributed by atoms with Gasteiger partial charge in [-0.25, -0.2) is 0 Å². The maximum Gasteiger partial charge on any atom is 0.0239 e. The van der Waals surface area contributed by atoms with Gasteiger partial charge in [-0.1, -0.05) is 57.0 Å². The Morgan fingerprint density at radius 3 is 2.00 bits per heavy atom. The molecule has 100 valence electrons. The van der Waals surface area contributed by atoms with Crippen LogP contribution in [-0.4, -0.2) is 17.0 Å². The molecule has 1 aromatic carbocycles. The van der Waals surface area contributed by atoms with Crippen LogP contribution in [0, 0.1) is 0 Å². The maximum absolute atomic E-state index is 2.78. The smallest absolute Gasteiger partial charge is 0.0239 e. The lowest BCUT2D eigenvalue weighted by Crippen LogP contribution is -2.35. The van der Waals surface area contributed by atoms with Crippen LogP contribution < -0.4 is 0 Å². The molecule has 0 saturated carbocycles. The van der Waals surface area contributed by atoms with Crippen LogP contribution in [0.5, 0.6) is 0 Å². The first-order valence-electron chi connectivity index (χ1n) is 7.64. The van der Waals surface area contributed by atoms with Gasteiger partial charge in [0.15, 0.2) is 0 Å². The summed E-state index contributed by atoms with van der Waals surface area (Å²) in [4.78, 5) is 2.78. The standard InChI is InChI=1S/C17H27N/c1-3-8-16-12-13-17(9-4-2)18(16)14-15-10-6-5-7-11-15/h5-7,10-11,16-17H,3-4,8-9,12-14H2,1-2H3/t16-,17-/m1/s1. The zero-order valence-electron chi connectivity index (χ0n) is 11.9. The second-order valence-electron chi connectivity index (χ2n) is 5.62. The Morgan fingerprint density at radius 2 is 1.50 bits per heavy atom. The monoisotopic (exact) mass is 245 g/mol. The summed E-state index contributed by atoms with van der Waals surface area (Å²) in [6, 6.07) is 12.6. The maximum atomic E-state index is 2.78. The molecule has 0 radical (unpaired) electrons. The highest BCUT2D eigenvalue weighted by Gasteiger charge is 2.31. The summed E-state index contributed by atoms with van der Waals surface area (Å²) < 4.78 is 0. The van der Waals surface area contributed by atoms with Crippen LogP contribution in [-0.2, 0) is 6.54 Å². The average Bonchev–Trinajstić information content (AvgIpc) is 2.75. The lowest BCUT2D eigenvalue weighted by molar-refractivity contribution is 0.167. The van der Waals surface area contributed by atoms with Gasteiger partial charge in [0, 0.05) is 18.6 Å². The van der Waals surface area contributed by atoms with E-state index in [0.717, 1.165) is 18.6 Å². The van der Waals surface area contributed by atoms with Gasteiger partial charge in [-0.05, 0) is 31.2 Å². The van der Waals surface area contributed by atoms with E-state index < -0.39 is 0 Å². The van der Waals surface area contributed by atoms with Crippen molar-refractivity contribution in [3.63, 3.8) is 0 Å². The van der Waals surface area contributed by atoms with Crippen LogP contribution >= 0.6 is 0 Å². The first-order valence-corrected chi connectivity index (χ1v) is 7.64. The molecule has 0 spiro atoms. The number of likely N-dealkylation sites (tertiary alicyclic amines) is 1. The molecule has 1 nitrogen and oxygen atoms in total. The van der Waals surface area contributed by atoms with E-state index in [9.17, 15) is 0 Å². The van der Waals surface area contributed by atoms with Gasteiger partial charge in [0.05, 0.1) is 0 Å². The molecule has 1 heteroatoms. The molecule has 1 aliphatic rings. The average molecular weight is 245 g/mol. The fourth-order valence-corrected chi connectivity index (χ4v) is 3.35. The van der Waals surface area contributed by atoms with E-state index in [4.69, 9.17) is 0 Å². The summed E-state index contributed by atoms with van der Waals surface area (Å²) in [7, 11) is 0. The second-order valence-corrected chi connectivity index (χ2v) is 5.62. The van der Waals surface area contributed by atoms with Crippen LogP contribution in [0.2, 0.25) is 0 Å². The molecule has 0 aliphatic carbocycles. The van der Waals surface area contributed by atoms with E-state index in [1.54, 1.807) is 0 Å². The quantitative estimate of drug-likeness (QED) is 0.707. The molecule has 0 amide bonds. The summed E-state index contributed by atoms with van der Waals surface area (Å²) in [5.74, 6) is 0. The van der Waals surface area contributed by atoms with Crippen LogP contribution in [0.25, 0.3) is 0 Å². The topological polar surface area (TPSA) is 3.24 Å². The van der Waals surface area contributed by atoms with Gasteiger partial charge in [0.1, 0.15) is 0 Å². The van der Waals surface area contributed by atoms with Crippen molar-refractivity contribution in [3.05, 3.63) is 35.9 Å². The highest BCUT2D eigenvalue weighted by molar-refractivity contribution is 5.15. The largest absolute Gasteiger partial charge is 0.293 e. The minimum atomic E-state index is 0.826. The Balaban J connectivity index is 2.03. The first kappa shape index (κ1) is 13.6. The van der Waals surface area contributed by atoms with Crippen LogP contribution in [0.1, 0.15) is 57.9 Å². The molecule has 18 heavy (non-hydrogen) atoms. The number of hydrogen-bond acceptors (Lipinski definition) is 1. The van der Waals surface area contributed by atoms with Crippen LogP contribution in [0.3, 0.4) is 0 Å². The Kier molecular flexibility index (Phi) is 5.25. The van der Waals surface area contributed by atoms with Crippen molar-refractivity contribution in [3.8, 4) is 0 Å². The molecule has 2 atom stereocenters. The normalized spacial score (nSPS) is 24.6. The molecule has 1 fully saturated rings. The van der Waals surface area contributed by atoms with Crippen molar-refractivity contribution in [1.82, 2.24) is 4.90 Å². The fourth-order valence-electron chi connectivity index (χ4n) is 3.35. The number of benzene rings is 1. The van der Waals surface area contributed by atoms with Crippen LogP contribution in [0.4, 0.5) is 0 Å². The zero-order chi connectivity index (χ0) is 12.8. The van der Waals surface area contributed by atoms with Gasteiger partial charge in [-0.2, -0.15) is 0 Å². The van der Waals surface area contributed by atoms with Gasteiger partial charge in [0.2, 0.25) is 0 Å². The molecule has 0 aromatic heterocycles. The van der Waals surface area contributed by atoms with E-state index in [0.29, 0.717) is 0 Å². The fraction of sp³-hybridized carbons (Fsp3) is 0.647. The van der Waals surface area contributed by atoms with Crippen molar-refractivity contribution < 1.29 is 0 Å². The summed E-state index contributed by atoms with van der Waals surface area (Å²) in [6.07, 6.45) is 8.18. The molecule has 0 N–H and O–H groups in total. The van der Waals surface area contributed by atoms with Crippen molar-refractivity contribution in [2.45, 2.75) is 71.0 Å². The molecular weight excluding hydrogens is 218 g/mol. The lowest BCUT2D eigenvalue weighted by atomic mass is 10.1. The molecule has 0 unspecified atom stereocenters. The third-order valence-corrected chi connectivity index (χ3v) is 4.22. The molecule has 2 rings (SSSR count). The van der Waals surface area contributed by atoms with Gasteiger partial charge in [-0.15, -0.1) is 0 Å². The zero-order valence-corrected chi connectivity index (χ0v) is 11.9. The number of rotatable bonds is 6. The molecule has 0 bridgehead atoms. The molecule has 1 aliphatic heterocycles. The first-order chi connectivity index (χ1) is 8.85. The van der Waals surface area contributed by atoms with Gasteiger partial charge < -0.3 is 0 Å². The lowest BCUT2D eigenvalue weighted by Gasteiger charge is -2.30. The third-order valence-electron chi connectivity index (χ3n) is 4.22. The SMILES string of the molecule is CCC[C@@H]1CC[C@@H](CCC)N1Cc1ccccc1. The summed E-state index contributed by atoms with van der Waals surface area (Å²) >= 11 is 0. The van der Waals surface area contributed by atoms with Crippen molar-refractivity contribution in [2.75, 3.05) is 0 Å². The van der Waals surface area contributed by atoms with E-state index in [2.05, 4.69) is 49.1 Å².